The smallest absolute Gasteiger partial charge is 0.343 e. The Morgan fingerprint density at radius 2 is 2.12 bits per heavy atom. The normalized spacial score (nSPS) is 37.5. The number of carbonyl (C=O) groups excluding carboxylic acids is 1. The second-order valence-corrected chi connectivity index (χ2v) is 3.76. The van der Waals surface area contributed by atoms with Gasteiger partial charge in [0.2, 0.25) is 0 Å². The molecule has 2 rings (SSSR count). The van der Waals surface area contributed by atoms with Gasteiger partial charge in [0.25, 0.3) is 0 Å². The lowest BCUT2D eigenvalue weighted by atomic mass is 10.1. The number of hydrogen-bond donors (Lipinski definition) is 5. The molecule has 0 aliphatic carbocycles. The first-order valence-electron chi connectivity index (χ1n) is 4.98. The fourth-order valence-electron chi connectivity index (χ4n) is 1.73. The number of aliphatic hydroxyl groups excluding tert-OH is 3. The highest BCUT2D eigenvalue weighted by Gasteiger charge is 2.46. The third-order valence-electron chi connectivity index (χ3n) is 2.64. The second kappa shape index (κ2) is 4.47. The Hall–Kier alpha value is -1.39. The van der Waals surface area contributed by atoms with Crippen molar-refractivity contribution >= 4 is 6.03 Å². The predicted octanol–water partition coefficient (Wildman–Crippen LogP) is -2.99. The molecule has 2 aliphatic rings. The summed E-state index contributed by atoms with van der Waals surface area (Å²) >= 11 is 0. The number of nitrogens with two attached hydrogens (primary N) is 1. The zero-order valence-corrected chi connectivity index (χ0v) is 8.80. The van der Waals surface area contributed by atoms with Gasteiger partial charge in [-0.25, -0.2) is 21.2 Å². The van der Waals surface area contributed by atoms with Gasteiger partial charge < -0.3 is 20.1 Å². The fraction of sp³-hybridized carbons (Fsp3) is 0.625. The van der Waals surface area contributed by atoms with Gasteiger partial charge in [-0.05, 0) is 0 Å². The molecule has 4 atom stereocenters. The van der Waals surface area contributed by atoms with Gasteiger partial charge >= 0.3 is 6.03 Å². The van der Waals surface area contributed by atoms with Crippen molar-refractivity contribution in [2.24, 2.45) is 5.84 Å². The van der Waals surface area contributed by atoms with E-state index >= 15 is 0 Å². The molecule has 0 saturated carbocycles. The molecular weight excluding hydrogens is 232 g/mol. The van der Waals surface area contributed by atoms with Gasteiger partial charge in [0.15, 0.2) is 6.23 Å². The van der Waals surface area contributed by atoms with Gasteiger partial charge in [-0.15, -0.1) is 0 Å². The number of amides is 2. The van der Waals surface area contributed by atoms with Gasteiger partial charge in [0, 0.05) is 6.20 Å². The fourth-order valence-corrected chi connectivity index (χ4v) is 1.73. The maximum Gasteiger partial charge on any atom is 0.343 e. The van der Waals surface area contributed by atoms with E-state index in [1.807, 2.05) is 0 Å². The van der Waals surface area contributed by atoms with E-state index in [0.717, 1.165) is 10.0 Å². The Morgan fingerprint density at radius 3 is 2.65 bits per heavy atom. The molecule has 0 aromatic rings. The third kappa shape index (κ3) is 2.06. The van der Waals surface area contributed by atoms with Crippen molar-refractivity contribution in [1.82, 2.24) is 15.4 Å². The molecule has 0 spiro atoms. The van der Waals surface area contributed by atoms with Crippen LogP contribution in [0.2, 0.25) is 0 Å². The van der Waals surface area contributed by atoms with Gasteiger partial charge in [-0.3, -0.25) is 4.90 Å². The van der Waals surface area contributed by atoms with Crippen molar-refractivity contribution in [2.75, 3.05) is 6.61 Å². The number of nitrogens with one attached hydrogen (secondary N) is 1. The Balaban J connectivity index is 2.13. The highest BCUT2D eigenvalue weighted by molar-refractivity contribution is 5.76. The van der Waals surface area contributed by atoms with E-state index in [1.54, 1.807) is 0 Å². The quantitative estimate of drug-likeness (QED) is 0.328. The van der Waals surface area contributed by atoms with Crippen molar-refractivity contribution in [3.8, 4) is 0 Å². The van der Waals surface area contributed by atoms with Crippen LogP contribution in [0.1, 0.15) is 0 Å². The maximum absolute atomic E-state index is 11.5. The van der Waals surface area contributed by atoms with Gasteiger partial charge in [0.05, 0.1) is 12.8 Å². The molecule has 9 heteroatoms. The third-order valence-corrected chi connectivity index (χ3v) is 2.64. The molecular formula is C8H14N4O5. The molecule has 0 bridgehead atoms. The van der Waals surface area contributed by atoms with Crippen LogP contribution in [-0.2, 0) is 4.74 Å². The first kappa shape index (κ1) is 12.1. The number of aliphatic hydroxyl groups is 3. The van der Waals surface area contributed by atoms with E-state index in [9.17, 15) is 15.0 Å². The summed E-state index contributed by atoms with van der Waals surface area (Å²) in [7, 11) is 0. The summed E-state index contributed by atoms with van der Waals surface area (Å²) in [6.07, 6.45) is -1.89. The van der Waals surface area contributed by atoms with Crippen LogP contribution in [0.5, 0.6) is 0 Å². The van der Waals surface area contributed by atoms with E-state index < -0.39 is 37.2 Å². The van der Waals surface area contributed by atoms with Crippen LogP contribution in [0.15, 0.2) is 12.4 Å². The van der Waals surface area contributed by atoms with Crippen molar-refractivity contribution in [1.29, 1.82) is 0 Å². The minimum absolute atomic E-state index is 0.448. The standard InChI is InChI=1S/C8H14N4O5/c9-12-2-1-11(8(16)10-12)7-6(15)5(14)4(3-13)17-7/h1-2,4-7,13-15H,3,9H2,(H,10,16)/t4-,5?,6?,7-/m1/s1. The molecule has 9 nitrogen and oxygen atoms in total. The molecule has 17 heavy (non-hydrogen) atoms. The molecule has 0 aromatic heterocycles. The summed E-state index contributed by atoms with van der Waals surface area (Å²) in [5, 5.41) is 29.1. The molecule has 0 radical (unpaired) electrons. The zero-order chi connectivity index (χ0) is 12.6. The lowest BCUT2D eigenvalue weighted by molar-refractivity contribution is -0.0688. The van der Waals surface area contributed by atoms with E-state index in [1.165, 1.54) is 12.4 Å². The van der Waals surface area contributed by atoms with Crippen molar-refractivity contribution in [3.63, 3.8) is 0 Å². The predicted molar refractivity (Wildman–Crippen MR) is 53.3 cm³/mol. The largest absolute Gasteiger partial charge is 0.394 e. The monoisotopic (exact) mass is 246 g/mol. The van der Waals surface area contributed by atoms with Crippen LogP contribution in [0.3, 0.4) is 0 Å². The van der Waals surface area contributed by atoms with Crippen molar-refractivity contribution in [2.45, 2.75) is 24.5 Å². The first-order valence-corrected chi connectivity index (χ1v) is 4.98. The van der Waals surface area contributed by atoms with Crippen LogP contribution in [-0.4, -0.2) is 62.5 Å². The molecule has 0 aromatic carbocycles. The summed E-state index contributed by atoms with van der Waals surface area (Å²) in [6, 6.07) is -0.607. The number of hydrazine groups is 2. The van der Waals surface area contributed by atoms with Crippen LogP contribution < -0.4 is 11.3 Å². The van der Waals surface area contributed by atoms with Gasteiger partial charge in [-0.2, -0.15) is 0 Å². The first-order chi connectivity index (χ1) is 8.04. The summed E-state index contributed by atoms with van der Waals surface area (Å²) in [5.74, 6) is 5.30. The van der Waals surface area contributed by atoms with E-state index in [0.29, 0.717) is 0 Å². The Bertz CT molecular complexity index is 338. The van der Waals surface area contributed by atoms with Crippen molar-refractivity contribution in [3.05, 3.63) is 12.4 Å². The summed E-state index contributed by atoms with van der Waals surface area (Å²) < 4.78 is 5.18. The molecule has 1 saturated heterocycles. The summed E-state index contributed by atoms with van der Waals surface area (Å²) in [4.78, 5) is 12.6. The number of hydrogen-bond acceptors (Lipinski definition) is 7. The second-order valence-electron chi connectivity index (χ2n) is 3.76. The maximum atomic E-state index is 11.5. The molecule has 1 fully saturated rings. The topological polar surface area (TPSA) is 132 Å². The average molecular weight is 246 g/mol. The number of ether oxygens (including phenoxy) is 1. The summed E-state index contributed by atoms with van der Waals surface area (Å²) in [5.41, 5.74) is 2.25. The molecule has 2 heterocycles. The highest BCUT2D eigenvalue weighted by Crippen LogP contribution is 2.24. The van der Waals surface area contributed by atoms with E-state index in [4.69, 9.17) is 15.7 Å². The minimum Gasteiger partial charge on any atom is -0.394 e. The van der Waals surface area contributed by atoms with Crippen molar-refractivity contribution < 1.29 is 24.9 Å². The zero-order valence-electron chi connectivity index (χ0n) is 8.80. The molecule has 2 unspecified atom stereocenters. The molecule has 2 amide bonds. The number of nitrogens with zero attached hydrogens (tertiary/aromatic N) is 2. The molecule has 2 aliphatic heterocycles. The lowest BCUT2D eigenvalue weighted by Crippen LogP contribution is -2.56. The van der Waals surface area contributed by atoms with Crippen LogP contribution >= 0.6 is 0 Å². The van der Waals surface area contributed by atoms with E-state index in [-0.39, 0.29) is 0 Å². The number of urea groups is 1. The van der Waals surface area contributed by atoms with E-state index in [2.05, 4.69) is 5.43 Å². The molecule has 6 N–H and O–H groups in total. The SMILES string of the molecule is NN1C=CN([C@@H]2O[C@H](CO)C(O)C2O)C(=O)N1. The number of carbonyl (C=O) groups is 1. The van der Waals surface area contributed by atoms with Crippen LogP contribution in [0.25, 0.3) is 0 Å². The Labute approximate surface area is 96.6 Å². The van der Waals surface area contributed by atoms with Crippen LogP contribution in [0.4, 0.5) is 4.79 Å². The highest BCUT2D eigenvalue weighted by atomic mass is 16.6. The average Bonchev–Trinajstić information content (AvgIpc) is 2.57. The summed E-state index contributed by atoms with van der Waals surface area (Å²) in [6.45, 7) is -0.448. The Kier molecular flexibility index (Phi) is 3.17. The lowest BCUT2D eigenvalue weighted by Gasteiger charge is -2.32. The minimum atomic E-state index is -1.30. The van der Waals surface area contributed by atoms with Crippen LogP contribution in [0, 0.1) is 0 Å². The molecule has 96 valence electrons. The Morgan fingerprint density at radius 1 is 1.41 bits per heavy atom. The number of rotatable bonds is 2. The van der Waals surface area contributed by atoms with Gasteiger partial charge in [0.1, 0.15) is 18.3 Å². The van der Waals surface area contributed by atoms with Gasteiger partial charge in [-0.1, -0.05) is 0 Å².